The van der Waals surface area contributed by atoms with Gasteiger partial charge in [0.25, 0.3) is 0 Å². The van der Waals surface area contributed by atoms with Crippen LogP contribution in [0.3, 0.4) is 0 Å². The minimum atomic E-state index is -3.79. The van der Waals surface area contributed by atoms with Crippen LogP contribution in [0.4, 0.5) is 8.78 Å². The predicted molar refractivity (Wildman–Crippen MR) is 55.8 cm³/mol. The standard InChI is InChI=1S/C11H12F2O4/c1-16-8-4-3-7(5-9(8)17-2)6-11(12,13)10(14)15/h3-5H,6H2,1-2H3,(H,14,15). The fraction of sp³-hybridized carbons (Fsp3) is 0.364. The molecule has 1 aromatic carbocycles. The van der Waals surface area contributed by atoms with E-state index in [0.717, 1.165) is 0 Å². The molecule has 0 heterocycles. The molecule has 1 aromatic rings. The van der Waals surface area contributed by atoms with E-state index in [4.69, 9.17) is 14.6 Å². The summed E-state index contributed by atoms with van der Waals surface area (Å²) < 4.78 is 35.8. The predicted octanol–water partition coefficient (Wildman–Crippen LogP) is 1.97. The Bertz CT molecular complexity index is 418. The van der Waals surface area contributed by atoms with Crippen molar-refractivity contribution in [3.8, 4) is 11.5 Å². The van der Waals surface area contributed by atoms with Crippen molar-refractivity contribution < 1.29 is 28.2 Å². The zero-order valence-corrected chi connectivity index (χ0v) is 9.37. The second-order valence-corrected chi connectivity index (χ2v) is 3.38. The quantitative estimate of drug-likeness (QED) is 0.862. The largest absolute Gasteiger partial charge is 0.493 e. The van der Waals surface area contributed by atoms with E-state index in [-0.39, 0.29) is 11.3 Å². The molecule has 94 valence electrons. The van der Waals surface area contributed by atoms with Gasteiger partial charge in [-0.2, -0.15) is 8.78 Å². The molecule has 0 radical (unpaired) electrons. The van der Waals surface area contributed by atoms with E-state index in [1.54, 1.807) is 0 Å². The van der Waals surface area contributed by atoms with Gasteiger partial charge in [0.1, 0.15) is 0 Å². The summed E-state index contributed by atoms with van der Waals surface area (Å²) in [5.41, 5.74) is 0.162. The fourth-order valence-electron chi connectivity index (χ4n) is 1.32. The van der Waals surface area contributed by atoms with Gasteiger partial charge >= 0.3 is 11.9 Å². The monoisotopic (exact) mass is 246 g/mol. The summed E-state index contributed by atoms with van der Waals surface area (Å²) >= 11 is 0. The Morgan fingerprint density at radius 3 is 2.35 bits per heavy atom. The van der Waals surface area contributed by atoms with Crippen molar-refractivity contribution in [2.75, 3.05) is 14.2 Å². The number of methoxy groups -OCH3 is 2. The molecule has 17 heavy (non-hydrogen) atoms. The van der Waals surface area contributed by atoms with E-state index in [1.165, 1.54) is 32.4 Å². The van der Waals surface area contributed by atoms with E-state index >= 15 is 0 Å². The summed E-state index contributed by atoms with van der Waals surface area (Å²) in [6.45, 7) is 0. The maximum absolute atomic E-state index is 13.0. The topological polar surface area (TPSA) is 55.8 Å². The first-order valence-electron chi connectivity index (χ1n) is 4.73. The van der Waals surface area contributed by atoms with Gasteiger partial charge in [0, 0.05) is 6.42 Å². The minimum Gasteiger partial charge on any atom is -0.493 e. The lowest BCUT2D eigenvalue weighted by Crippen LogP contribution is -2.30. The van der Waals surface area contributed by atoms with Gasteiger partial charge in [-0.1, -0.05) is 6.07 Å². The summed E-state index contributed by atoms with van der Waals surface area (Å²) in [5, 5.41) is 8.32. The van der Waals surface area contributed by atoms with Crippen LogP contribution in [-0.4, -0.2) is 31.2 Å². The highest BCUT2D eigenvalue weighted by Crippen LogP contribution is 2.30. The molecule has 0 aliphatic heterocycles. The fourth-order valence-corrected chi connectivity index (χ4v) is 1.32. The van der Waals surface area contributed by atoms with Crippen molar-refractivity contribution in [2.45, 2.75) is 12.3 Å². The lowest BCUT2D eigenvalue weighted by atomic mass is 10.1. The molecule has 0 aromatic heterocycles. The highest BCUT2D eigenvalue weighted by Gasteiger charge is 2.38. The number of hydrogen-bond acceptors (Lipinski definition) is 3. The normalized spacial score (nSPS) is 11.1. The number of ether oxygens (including phenoxy) is 2. The first kappa shape index (κ1) is 13.2. The van der Waals surface area contributed by atoms with Crippen molar-refractivity contribution in [3.05, 3.63) is 23.8 Å². The van der Waals surface area contributed by atoms with Crippen molar-refractivity contribution in [1.82, 2.24) is 0 Å². The van der Waals surface area contributed by atoms with E-state index < -0.39 is 18.3 Å². The summed E-state index contributed by atoms with van der Waals surface area (Å²) in [6, 6.07) is 4.15. The number of hydrogen-bond donors (Lipinski definition) is 1. The third-order valence-electron chi connectivity index (χ3n) is 2.19. The number of benzene rings is 1. The maximum atomic E-state index is 13.0. The van der Waals surface area contributed by atoms with Crippen molar-refractivity contribution in [2.24, 2.45) is 0 Å². The van der Waals surface area contributed by atoms with Gasteiger partial charge in [0.2, 0.25) is 0 Å². The third-order valence-corrected chi connectivity index (χ3v) is 2.19. The summed E-state index contributed by atoms with van der Waals surface area (Å²) in [4.78, 5) is 10.3. The molecule has 0 aliphatic carbocycles. The molecule has 4 nitrogen and oxygen atoms in total. The Labute approximate surface area is 96.8 Å². The van der Waals surface area contributed by atoms with Crippen molar-refractivity contribution >= 4 is 5.97 Å². The molecule has 0 amide bonds. The first-order chi connectivity index (χ1) is 7.90. The van der Waals surface area contributed by atoms with E-state index in [1.807, 2.05) is 0 Å². The van der Waals surface area contributed by atoms with Gasteiger partial charge in [-0.05, 0) is 17.7 Å². The van der Waals surface area contributed by atoms with E-state index in [0.29, 0.717) is 5.75 Å². The molecule has 0 spiro atoms. The number of aliphatic carboxylic acids is 1. The van der Waals surface area contributed by atoms with Crippen LogP contribution in [0.1, 0.15) is 5.56 Å². The highest BCUT2D eigenvalue weighted by atomic mass is 19.3. The second-order valence-electron chi connectivity index (χ2n) is 3.38. The molecule has 0 aliphatic rings. The molecule has 1 N–H and O–H groups in total. The molecule has 0 atom stereocenters. The number of rotatable bonds is 5. The van der Waals surface area contributed by atoms with Gasteiger partial charge in [-0.3, -0.25) is 0 Å². The maximum Gasteiger partial charge on any atom is 0.374 e. The second kappa shape index (κ2) is 4.99. The first-order valence-corrected chi connectivity index (χ1v) is 4.73. The Hall–Kier alpha value is -1.85. The van der Waals surface area contributed by atoms with Gasteiger partial charge in [0.15, 0.2) is 11.5 Å². The Morgan fingerprint density at radius 1 is 1.29 bits per heavy atom. The van der Waals surface area contributed by atoms with Crippen LogP contribution >= 0.6 is 0 Å². The summed E-state index contributed by atoms with van der Waals surface area (Å²) in [6.07, 6.45) is -0.886. The molecular formula is C11H12F2O4. The molecule has 0 saturated heterocycles. The lowest BCUT2D eigenvalue weighted by Gasteiger charge is -2.13. The summed E-state index contributed by atoms with van der Waals surface area (Å²) in [5.74, 6) is -5.26. The van der Waals surface area contributed by atoms with Crippen LogP contribution in [0.25, 0.3) is 0 Å². The number of carboxylic acid groups (broad SMARTS) is 1. The minimum absolute atomic E-state index is 0.162. The number of halogens is 2. The van der Waals surface area contributed by atoms with Crippen LogP contribution in [0.15, 0.2) is 18.2 Å². The summed E-state index contributed by atoms with van der Waals surface area (Å²) in [7, 11) is 2.79. The van der Waals surface area contributed by atoms with Crippen LogP contribution in [0, 0.1) is 0 Å². The Kier molecular flexibility index (Phi) is 3.88. The van der Waals surface area contributed by atoms with Gasteiger partial charge in [0.05, 0.1) is 14.2 Å². The lowest BCUT2D eigenvalue weighted by molar-refractivity contribution is -0.164. The van der Waals surface area contributed by atoms with Crippen molar-refractivity contribution in [3.63, 3.8) is 0 Å². The van der Waals surface area contributed by atoms with Gasteiger partial charge < -0.3 is 14.6 Å². The van der Waals surface area contributed by atoms with Gasteiger partial charge in [-0.15, -0.1) is 0 Å². The average molecular weight is 246 g/mol. The van der Waals surface area contributed by atoms with E-state index in [9.17, 15) is 13.6 Å². The molecule has 0 bridgehead atoms. The molecule has 6 heteroatoms. The molecule has 0 saturated carbocycles. The van der Waals surface area contributed by atoms with Crippen LogP contribution in [0.2, 0.25) is 0 Å². The average Bonchev–Trinajstić information content (AvgIpc) is 2.28. The van der Waals surface area contributed by atoms with Crippen LogP contribution in [-0.2, 0) is 11.2 Å². The zero-order chi connectivity index (χ0) is 13.1. The van der Waals surface area contributed by atoms with Crippen LogP contribution in [0.5, 0.6) is 11.5 Å². The Balaban J connectivity index is 2.97. The van der Waals surface area contributed by atoms with Crippen LogP contribution < -0.4 is 9.47 Å². The number of carboxylic acids is 1. The van der Waals surface area contributed by atoms with Crippen molar-refractivity contribution in [1.29, 1.82) is 0 Å². The zero-order valence-electron chi connectivity index (χ0n) is 9.37. The number of carbonyl (C=O) groups is 1. The third kappa shape index (κ3) is 3.05. The Morgan fingerprint density at radius 2 is 1.88 bits per heavy atom. The molecule has 0 fully saturated rings. The highest BCUT2D eigenvalue weighted by molar-refractivity contribution is 5.75. The molecular weight excluding hydrogens is 234 g/mol. The smallest absolute Gasteiger partial charge is 0.374 e. The SMILES string of the molecule is COc1ccc(CC(F)(F)C(=O)O)cc1OC. The van der Waals surface area contributed by atoms with E-state index in [2.05, 4.69) is 0 Å². The van der Waals surface area contributed by atoms with Gasteiger partial charge in [-0.25, -0.2) is 4.79 Å². The molecule has 1 rings (SSSR count). The number of alkyl halides is 2. The molecule has 0 unspecified atom stereocenters.